The Morgan fingerprint density at radius 1 is 1.26 bits per heavy atom. The molecule has 182 valence electrons. The van der Waals surface area contributed by atoms with Crippen LogP contribution in [0.15, 0.2) is 48.6 Å². The number of carbonyl (C=O) groups is 2. The Kier molecular flexibility index (Phi) is 6.76. The number of hydrogen-bond acceptors (Lipinski definition) is 7. The Balaban J connectivity index is 1.38. The third-order valence-electron chi connectivity index (χ3n) is 6.47. The number of ketones is 1. The van der Waals surface area contributed by atoms with E-state index < -0.39 is 10.3 Å². The zero-order chi connectivity index (χ0) is 24.5. The van der Waals surface area contributed by atoms with Crippen molar-refractivity contribution in [2.24, 2.45) is 11.1 Å². The molecule has 1 amide bonds. The molecule has 2 heterocycles. The molecular weight excluding hydrogens is 458 g/mol. The topological polar surface area (TPSA) is 128 Å². The lowest BCUT2D eigenvalue weighted by atomic mass is 9.91. The van der Waals surface area contributed by atoms with Crippen LogP contribution in [0.5, 0.6) is 5.75 Å². The average Bonchev–Trinajstić information content (AvgIpc) is 3.29. The maximum absolute atomic E-state index is 13.1. The van der Waals surface area contributed by atoms with E-state index in [9.17, 15) is 18.0 Å². The Labute approximate surface area is 199 Å². The number of amides is 1. The predicted molar refractivity (Wildman–Crippen MR) is 126 cm³/mol. The SMILES string of the molecule is CC1CC(N2CCC(N(C)C(=O)n3cnc(-c4cccc(OS(N)(=O)=O)c4)c3)CC2)=CCC1=O. The number of piperidine rings is 1. The molecule has 1 aliphatic heterocycles. The molecule has 1 atom stereocenters. The molecule has 0 bridgehead atoms. The van der Waals surface area contributed by atoms with E-state index in [2.05, 4.69) is 9.88 Å². The number of aromatic nitrogens is 2. The van der Waals surface area contributed by atoms with Crippen LogP contribution in [0.2, 0.25) is 0 Å². The first kappa shape index (κ1) is 24.0. The first-order chi connectivity index (χ1) is 16.1. The smallest absolute Gasteiger partial charge is 0.375 e. The van der Waals surface area contributed by atoms with Gasteiger partial charge in [0.2, 0.25) is 0 Å². The highest BCUT2D eigenvalue weighted by atomic mass is 32.2. The number of nitrogens with zero attached hydrogens (tertiary/aromatic N) is 4. The van der Waals surface area contributed by atoms with E-state index in [1.54, 1.807) is 30.3 Å². The van der Waals surface area contributed by atoms with Crippen LogP contribution in [0.4, 0.5) is 4.79 Å². The number of benzene rings is 1. The highest BCUT2D eigenvalue weighted by Gasteiger charge is 2.29. The molecule has 2 aromatic rings. The molecular formula is C23H29N5O5S. The van der Waals surface area contributed by atoms with E-state index in [1.165, 1.54) is 28.7 Å². The molecule has 11 heteroatoms. The van der Waals surface area contributed by atoms with E-state index in [0.717, 1.165) is 32.4 Å². The van der Waals surface area contributed by atoms with Gasteiger partial charge in [-0.1, -0.05) is 25.1 Å². The predicted octanol–water partition coefficient (Wildman–Crippen LogP) is 2.38. The molecule has 1 unspecified atom stereocenters. The number of carbonyl (C=O) groups excluding carboxylic acids is 2. The Hall–Kier alpha value is -3.18. The number of allylic oxidation sites excluding steroid dienone is 2. The van der Waals surface area contributed by atoms with E-state index in [4.69, 9.17) is 9.32 Å². The lowest BCUT2D eigenvalue weighted by Gasteiger charge is -2.40. The van der Waals surface area contributed by atoms with Gasteiger partial charge in [0, 0.05) is 56.0 Å². The summed E-state index contributed by atoms with van der Waals surface area (Å²) in [7, 11) is -2.34. The Morgan fingerprint density at radius 2 is 2.00 bits per heavy atom. The minimum atomic E-state index is -4.13. The lowest BCUT2D eigenvalue weighted by Crippen LogP contribution is -2.46. The highest BCUT2D eigenvalue weighted by molar-refractivity contribution is 7.84. The number of nitrogens with two attached hydrogens (primary N) is 1. The molecule has 2 N–H and O–H groups in total. The maximum Gasteiger partial charge on any atom is 0.380 e. The van der Waals surface area contributed by atoms with Crippen LogP contribution >= 0.6 is 0 Å². The zero-order valence-corrected chi connectivity index (χ0v) is 20.1. The molecule has 0 radical (unpaired) electrons. The minimum Gasteiger partial charge on any atom is -0.375 e. The van der Waals surface area contributed by atoms with Crippen molar-refractivity contribution >= 4 is 22.1 Å². The number of Topliss-reactive ketones (excluding diaryl/α,β-unsaturated/α-hetero) is 1. The molecule has 10 nitrogen and oxygen atoms in total. The highest BCUT2D eigenvalue weighted by Crippen LogP contribution is 2.28. The number of rotatable bonds is 5. The van der Waals surface area contributed by atoms with Crippen molar-refractivity contribution < 1.29 is 22.2 Å². The molecule has 1 aliphatic carbocycles. The molecule has 2 aliphatic rings. The van der Waals surface area contributed by atoms with Gasteiger partial charge in [-0.15, -0.1) is 0 Å². The van der Waals surface area contributed by atoms with Crippen molar-refractivity contribution in [1.82, 2.24) is 19.4 Å². The Bertz CT molecular complexity index is 1210. The van der Waals surface area contributed by atoms with Crippen molar-refractivity contribution in [2.75, 3.05) is 20.1 Å². The third-order valence-corrected chi connectivity index (χ3v) is 6.89. The molecule has 4 rings (SSSR count). The van der Waals surface area contributed by atoms with Gasteiger partial charge in [0.05, 0.1) is 5.69 Å². The lowest BCUT2D eigenvalue weighted by molar-refractivity contribution is -0.122. The van der Waals surface area contributed by atoms with Gasteiger partial charge in [-0.25, -0.2) is 9.78 Å². The first-order valence-corrected chi connectivity index (χ1v) is 12.7. The van der Waals surface area contributed by atoms with Gasteiger partial charge in [-0.2, -0.15) is 13.6 Å². The largest absolute Gasteiger partial charge is 0.380 e. The van der Waals surface area contributed by atoms with Gasteiger partial charge in [0.1, 0.15) is 17.9 Å². The van der Waals surface area contributed by atoms with Crippen LogP contribution in [-0.2, 0) is 15.1 Å². The summed E-state index contributed by atoms with van der Waals surface area (Å²) >= 11 is 0. The van der Waals surface area contributed by atoms with Crippen LogP contribution in [0, 0.1) is 5.92 Å². The third kappa shape index (κ3) is 5.48. The molecule has 0 saturated carbocycles. The second kappa shape index (κ2) is 9.59. The van der Waals surface area contributed by atoms with Gasteiger partial charge < -0.3 is 14.0 Å². The fourth-order valence-electron chi connectivity index (χ4n) is 4.49. The quantitative estimate of drug-likeness (QED) is 0.686. The molecule has 1 fully saturated rings. The summed E-state index contributed by atoms with van der Waals surface area (Å²) in [5.41, 5.74) is 2.34. The van der Waals surface area contributed by atoms with Crippen LogP contribution in [-0.4, -0.2) is 65.8 Å². The number of likely N-dealkylation sites (tertiary alicyclic amines) is 1. The molecule has 1 aromatic carbocycles. The molecule has 1 saturated heterocycles. The standard InChI is InChI=1S/C23H29N5O5S/c1-16-12-19(6-7-22(16)29)27-10-8-18(9-11-27)26(2)23(30)28-14-21(25-15-28)17-4-3-5-20(13-17)33-34(24,31)32/h3-6,13-16,18H,7-12H2,1-2H3,(H2,24,31,32). The van der Waals surface area contributed by atoms with Gasteiger partial charge in [-0.3, -0.25) is 9.36 Å². The van der Waals surface area contributed by atoms with E-state index in [1.807, 2.05) is 13.0 Å². The number of imidazole rings is 1. The van der Waals surface area contributed by atoms with Crippen molar-refractivity contribution in [3.8, 4) is 17.0 Å². The summed E-state index contributed by atoms with van der Waals surface area (Å²) < 4.78 is 28.5. The second-order valence-electron chi connectivity index (χ2n) is 8.85. The van der Waals surface area contributed by atoms with E-state index >= 15 is 0 Å². The van der Waals surface area contributed by atoms with Crippen LogP contribution in [0.1, 0.15) is 32.6 Å². The molecule has 34 heavy (non-hydrogen) atoms. The van der Waals surface area contributed by atoms with Gasteiger partial charge >= 0.3 is 16.3 Å². The monoisotopic (exact) mass is 487 g/mol. The number of hydrogen-bond donors (Lipinski definition) is 1. The van der Waals surface area contributed by atoms with Gasteiger partial charge in [-0.05, 0) is 31.4 Å². The second-order valence-corrected chi connectivity index (χ2v) is 10.0. The van der Waals surface area contributed by atoms with Gasteiger partial charge in [0.15, 0.2) is 0 Å². The van der Waals surface area contributed by atoms with Crippen molar-refractivity contribution in [2.45, 2.75) is 38.6 Å². The average molecular weight is 488 g/mol. The first-order valence-electron chi connectivity index (χ1n) is 11.2. The zero-order valence-electron chi connectivity index (χ0n) is 19.3. The van der Waals surface area contributed by atoms with Crippen molar-refractivity contribution in [1.29, 1.82) is 0 Å². The Morgan fingerprint density at radius 3 is 2.68 bits per heavy atom. The van der Waals surface area contributed by atoms with Crippen molar-refractivity contribution in [3.05, 3.63) is 48.6 Å². The summed E-state index contributed by atoms with van der Waals surface area (Å²) in [5, 5.41) is 4.93. The fourth-order valence-corrected chi connectivity index (χ4v) is 4.86. The van der Waals surface area contributed by atoms with Crippen LogP contribution in [0.25, 0.3) is 11.3 Å². The summed E-state index contributed by atoms with van der Waals surface area (Å²) in [6.07, 6.45) is 8.09. The van der Waals surface area contributed by atoms with E-state index in [0.29, 0.717) is 23.5 Å². The van der Waals surface area contributed by atoms with Crippen LogP contribution in [0.3, 0.4) is 0 Å². The molecule has 0 spiro atoms. The summed E-state index contributed by atoms with van der Waals surface area (Å²) in [6.45, 7) is 3.68. The normalized spacial score (nSPS) is 19.6. The maximum atomic E-state index is 13.1. The van der Waals surface area contributed by atoms with E-state index in [-0.39, 0.29) is 23.7 Å². The summed E-state index contributed by atoms with van der Waals surface area (Å²) in [4.78, 5) is 33.2. The summed E-state index contributed by atoms with van der Waals surface area (Å²) in [6, 6.07) is 6.23. The molecule has 1 aromatic heterocycles. The van der Waals surface area contributed by atoms with Gasteiger partial charge in [0.25, 0.3) is 0 Å². The minimum absolute atomic E-state index is 0.0663. The van der Waals surface area contributed by atoms with Crippen molar-refractivity contribution in [3.63, 3.8) is 0 Å². The van der Waals surface area contributed by atoms with Crippen LogP contribution < -0.4 is 9.32 Å². The fraction of sp³-hybridized carbons (Fsp3) is 0.435. The summed E-state index contributed by atoms with van der Waals surface area (Å²) in [5.74, 6) is 0.438.